The Bertz CT molecular complexity index is 739. The van der Waals surface area contributed by atoms with Crippen molar-refractivity contribution in [3.8, 4) is 0 Å². The molecule has 0 bridgehead atoms. The first-order valence-corrected chi connectivity index (χ1v) is 8.08. The van der Waals surface area contributed by atoms with Crippen LogP contribution in [0.25, 0.3) is 0 Å². The number of nitrogens with zero attached hydrogens (tertiary/aromatic N) is 1. The van der Waals surface area contributed by atoms with Gasteiger partial charge in [-0.3, -0.25) is 4.79 Å². The largest absolute Gasteiger partial charge is 0.391 e. The van der Waals surface area contributed by atoms with Crippen LogP contribution in [0.5, 0.6) is 0 Å². The molecule has 2 aromatic carbocycles. The molecule has 2 aromatic rings. The average Bonchev–Trinajstić information content (AvgIpc) is 2.99. The van der Waals surface area contributed by atoms with Crippen LogP contribution in [-0.2, 0) is 16.1 Å². The number of amides is 1. The van der Waals surface area contributed by atoms with Gasteiger partial charge in [-0.05, 0) is 30.2 Å². The zero-order valence-electron chi connectivity index (χ0n) is 13.6. The van der Waals surface area contributed by atoms with Crippen LogP contribution in [0, 0.1) is 11.6 Å². The lowest BCUT2D eigenvalue weighted by molar-refractivity contribution is -0.137. The van der Waals surface area contributed by atoms with Crippen molar-refractivity contribution >= 4 is 5.91 Å². The van der Waals surface area contributed by atoms with E-state index in [1.165, 1.54) is 4.90 Å². The number of ether oxygens (including phenoxy) is 1. The molecule has 0 saturated carbocycles. The standard InChI is InChI=1S/C19H19F2NO3/c20-14-6-7-17(21)16(8-14)18-9-15(23)10-22(18)19(24)12-25-11-13-4-2-1-3-5-13/h1-8,15,18,23H,9-12H2/t15-,18+/m1/s1. The fourth-order valence-electron chi connectivity index (χ4n) is 3.07. The SMILES string of the molecule is O=C(COCc1ccccc1)N1C[C@H](O)C[C@H]1c1cc(F)ccc1F. The molecule has 1 fully saturated rings. The molecule has 0 unspecified atom stereocenters. The summed E-state index contributed by atoms with van der Waals surface area (Å²) in [4.78, 5) is 13.8. The smallest absolute Gasteiger partial charge is 0.249 e. The van der Waals surface area contributed by atoms with Gasteiger partial charge in [-0.2, -0.15) is 0 Å². The Morgan fingerprint density at radius 3 is 2.72 bits per heavy atom. The van der Waals surface area contributed by atoms with Crippen molar-refractivity contribution in [3.05, 3.63) is 71.3 Å². The molecule has 0 aliphatic carbocycles. The highest BCUT2D eigenvalue weighted by Gasteiger charge is 2.36. The molecule has 2 atom stereocenters. The fraction of sp³-hybridized carbons (Fsp3) is 0.316. The molecular formula is C19H19F2NO3. The first kappa shape index (κ1) is 17.5. The Labute approximate surface area is 144 Å². The highest BCUT2D eigenvalue weighted by atomic mass is 19.1. The Morgan fingerprint density at radius 1 is 1.20 bits per heavy atom. The first-order valence-electron chi connectivity index (χ1n) is 8.08. The van der Waals surface area contributed by atoms with Gasteiger partial charge in [0.2, 0.25) is 5.91 Å². The van der Waals surface area contributed by atoms with E-state index in [-0.39, 0.29) is 37.6 Å². The van der Waals surface area contributed by atoms with Gasteiger partial charge in [-0.15, -0.1) is 0 Å². The van der Waals surface area contributed by atoms with Crippen LogP contribution in [0.1, 0.15) is 23.6 Å². The summed E-state index contributed by atoms with van der Waals surface area (Å²) in [6.07, 6.45) is -0.601. The fourth-order valence-corrected chi connectivity index (χ4v) is 3.07. The predicted molar refractivity (Wildman–Crippen MR) is 87.5 cm³/mol. The molecule has 1 N–H and O–H groups in total. The third kappa shape index (κ3) is 4.21. The number of halogens is 2. The summed E-state index contributed by atoms with van der Waals surface area (Å²) in [7, 11) is 0. The number of hydrogen-bond acceptors (Lipinski definition) is 3. The van der Waals surface area contributed by atoms with Crippen LogP contribution in [-0.4, -0.2) is 35.2 Å². The maximum atomic E-state index is 14.0. The van der Waals surface area contributed by atoms with Crippen molar-refractivity contribution in [3.63, 3.8) is 0 Å². The number of rotatable bonds is 5. The Morgan fingerprint density at radius 2 is 1.96 bits per heavy atom. The van der Waals surface area contributed by atoms with Gasteiger partial charge in [0.05, 0.1) is 18.8 Å². The van der Waals surface area contributed by atoms with E-state index in [9.17, 15) is 18.7 Å². The molecule has 1 aliphatic heterocycles. The summed E-state index contributed by atoms with van der Waals surface area (Å²) < 4.78 is 32.9. The molecule has 132 valence electrons. The molecule has 4 nitrogen and oxygen atoms in total. The van der Waals surface area contributed by atoms with Gasteiger partial charge in [0.1, 0.15) is 18.2 Å². The number of aliphatic hydroxyl groups excluding tert-OH is 1. The molecule has 1 amide bonds. The van der Waals surface area contributed by atoms with Gasteiger partial charge in [-0.1, -0.05) is 30.3 Å². The van der Waals surface area contributed by atoms with E-state index in [0.29, 0.717) is 0 Å². The molecular weight excluding hydrogens is 328 g/mol. The Hall–Kier alpha value is -2.31. The summed E-state index contributed by atoms with van der Waals surface area (Å²) >= 11 is 0. The molecule has 1 saturated heterocycles. The van der Waals surface area contributed by atoms with E-state index < -0.39 is 23.8 Å². The van der Waals surface area contributed by atoms with Crippen molar-refractivity contribution in [1.82, 2.24) is 4.90 Å². The van der Waals surface area contributed by atoms with E-state index in [1.807, 2.05) is 30.3 Å². The van der Waals surface area contributed by atoms with Crippen molar-refractivity contribution in [1.29, 1.82) is 0 Å². The monoisotopic (exact) mass is 347 g/mol. The van der Waals surface area contributed by atoms with Gasteiger partial charge in [0, 0.05) is 12.1 Å². The van der Waals surface area contributed by atoms with Gasteiger partial charge < -0.3 is 14.7 Å². The maximum absolute atomic E-state index is 14.0. The second kappa shape index (κ2) is 7.72. The summed E-state index contributed by atoms with van der Waals surface area (Å²) in [6, 6.07) is 11.8. The van der Waals surface area contributed by atoms with Gasteiger partial charge in [0.15, 0.2) is 0 Å². The van der Waals surface area contributed by atoms with Gasteiger partial charge in [-0.25, -0.2) is 8.78 Å². The van der Waals surface area contributed by atoms with Crippen LogP contribution < -0.4 is 0 Å². The molecule has 1 aliphatic rings. The third-order valence-electron chi connectivity index (χ3n) is 4.25. The number of aliphatic hydroxyl groups is 1. The lowest BCUT2D eigenvalue weighted by Crippen LogP contribution is -2.35. The van der Waals surface area contributed by atoms with Crippen LogP contribution in [0.4, 0.5) is 8.78 Å². The summed E-state index contributed by atoms with van der Waals surface area (Å²) in [5, 5.41) is 9.89. The number of β-amino-alcohol motifs (C(OH)–C–C–N with tert-alkyl or cyclic N) is 1. The molecule has 6 heteroatoms. The zero-order chi connectivity index (χ0) is 17.8. The van der Waals surface area contributed by atoms with Crippen molar-refractivity contribution in [2.24, 2.45) is 0 Å². The van der Waals surface area contributed by atoms with E-state index in [2.05, 4.69) is 0 Å². The van der Waals surface area contributed by atoms with Crippen molar-refractivity contribution in [2.45, 2.75) is 25.2 Å². The van der Waals surface area contributed by atoms with Crippen LogP contribution in [0.15, 0.2) is 48.5 Å². The molecule has 25 heavy (non-hydrogen) atoms. The lowest BCUT2D eigenvalue weighted by atomic mass is 10.0. The minimum absolute atomic E-state index is 0.0768. The molecule has 0 spiro atoms. The lowest BCUT2D eigenvalue weighted by Gasteiger charge is -2.25. The van der Waals surface area contributed by atoms with Crippen molar-refractivity contribution < 1.29 is 23.4 Å². The topological polar surface area (TPSA) is 49.8 Å². The number of likely N-dealkylation sites (tertiary alicyclic amines) is 1. The van der Waals surface area contributed by atoms with E-state index in [4.69, 9.17) is 4.74 Å². The highest BCUT2D eigenvalue weighted by molar-refractivity contribution is 5.78. The molecule has 0 aromatic heterocycles. The first-order chi connectivity index (χ1) is 12.0. The van der Waals surface area contributed by atoms with E-state index >= 15 is 0 Å². The second-order valence-electron chi connectivity index (χ2n) is 6.10. The van der Waals surface area contributed by atoms with Gasteiger partial charge in [0.25, 0.3) is 0 Å². The predicted octanol–water partition coefficient (Wildman–Crippen LogP) is 2.82. The summed E-state index contributed by atoms with van der Waals surface area (Å²) in [5.41, 5.74) is 1.01. The van der Waals surface area contributed by atoms with Gasteiger partial charge >= 0.3 is 0 Å². The van der Waals surface area contributed by atoms with Crippen LogP contribution in [0.2, 0.25) is 0 Å². The highest BCUT2D eigenvalue weighted by Crippen LogP contribution is 2.34. The number of carbonyl (C=O) groups is 1. The number of hydrogen-bond donors (Lipinski definition) is 1. The molecule has 1 heterocycles. The summed E-state index contributed by atoms with van der Waals surface area (Å²) in [6.45, 7) is 0.172. The normalized spacial score (nSPS) is 20.0. The zero-order valence-corrected chi connectivity index (χ0v) is 13.6. The second-order valence-corrected chi connectivity index (χ2v) is 6.10. The average molecular weight is 347 g/mol. The summed E-state index contributed by atoms with van der Waals surface area (Å²) in [5.74, 6) is -1.53. The Kier molecular flexibility index (Phi) is 5.40. The van der Waals surface area contributed by atoms with Crippen molar-refractivity contribution in [2.75, 3.05) is 13.2 Å². The number of carbonyl (C=O) groups excluding carboxylic acids is 1. The van der Waals surface area contributed by atoms with Crippen LogP contribution in [0.3, 0.4) is 0 Å². The third-order valence-corrected chi connectivity index (χ3v) is 4.25. The molecule has 3 rings (SSSR count). The minimum Gasteiger partial charge on any atom is -0.391 e. The van der Waals surface area contributed by atoms with E-state index in [0.717, 1.165) is 23.8 Å². The number of benzene rings is 2. The Balaban J connectivity index is 1.66. The quantitative estimate of drug-likeness (QED) is 0.905. The minimum atomic E-state index is -0.772. The van der Waals surface area contributed by atoms with Crippen LogP contribution >= 0.6 is 0 Å². The molecule has 0 radical (unpaired) electrons. The maximum Gasteiger partial charge on any atom is 0.249 e. The van der Waals surface area contributed by atoms with E-state index in [1.54, 1.807) is 0 Å².